The summed E-state index contributed by atoms with van der Waals surface area (Å²) in [4.78, 5) is 25.1. The fraction of sp³-hybridized carbons (Fsp3) is 0.250. The lowest BCUT2D eigenvalue weighted by molar-refractivity contribution is 0.0961. The Morgan fingerprint density at radius 2 is 2.17 bits per heavy atom. The maximum atomic E-state index is 11.3. The molecule has 0 spiro atoms. The Bertz CT molecular complexity index is 354. The highest BCUT2D eigenvalue weighted by molar-refractivity contribution is 5.93. The molecule has 0 bridgehead atoms. The van der Waals surface area contributed by atoms with E-state index in [4.69, 9.17) is 0 Å². The van der Waals surface area contributed by atoms with E-state index < -0.39 is 0 Å². The van der Waals surface area contributed by atoms with E-state index in [1.54, 1.807) is 13.1 Å². The van der Waals surface area contributed by atoms with E-state index in [1.165, 1.54) is 13.2 Å². The molecule has 0 unspecified atom stereocenters. The van der Waals surface area contributed by atoms with Gasteiger partial charge in [-0.25, -0.2) is 0 Å². The zero-order chi connectivity index (χ0) is 9.14. The van der Waals surface area contributed by atoms with Crippen molar-refractivity contribution in [2.45, 2.75) is 6.92 Å². The summed E-state index contributed by atoms with van der Waals surface area (Å²) >= 11 is 0. The van der Waals surface area contributed by atoms with E-state index in [-0.39, 0.29) is 16.9 Å². The molecule has 1 aromatic rings. The van der Waals surface area contributed by atoms with Crippen LogP contribution in [0.1, 0.15) is 15.9 Å². The van der Waals surface area contributed by atoms with E-state index >= 15 is 0 Å². The number of aryl methyl sites for hydroxylation is 1. The molecule has 0 aliphatic carbocycles. The zero-order valence-electron chi connectivity index (χ0n) is 6.97. The van der Waals surface area contributed by atoms with Crippen molar-refractivity contribution < 1.29 is 4.79 Å². The molecule has 1 rings (SSSR count). The normalized spacial score (nSPS) is 9.50. The van der Waals surface area contributed by atoms with Gasteiger partial charge in [-0.1, -0.05) is 0 Å². The van der Waals surface area contributed by atoms with Crippen molar-refractivity contribution in [2.24, 2.45) is 0 Å². The second kappa shape index (κ2) is 3.21. The molecule has 0 fully saturated rings. The van der Waals surface area contributed by atoms with Gasteiger partial charge in [0.25, 0.3) is 5.91 Å². The average molecular weight is 166 g/mol. The Labute approximate surface area is 69.6 Å². The lowest BCUT2D eigenvalue weighted by atomic mass is 10.2. The minimum Gasteiger partial charge on any atom is -0.366 e. The summed E-state index contributed by atoms with van der Waals surface area (Å²) in [7, 11) is 1.49. The number of carbonyl (C=O) groups is 1. The second-order valence-corrected chi connectivity index (χ2v) is 2.46. The first kappa shape index (κ1) is 8.52. The van der Waals surface area contributed by atoms with Crippen LogP contribution >= 0.6 is 0 Å². The monoisotopic (exact) mass is 166 g/mol. The fourth-order valence-electron chi connectivity index (χ4n) is 0.897. The Morgan fingerprint density at radius 3 is 2.75 bits per heavy atom. The molecule has 2 N–H and O–H groups in total. The second-order valence-electron chi connectivity index (χ2n) is 2.46. The molecular formula is C8H10N2O2. The summed E-state index contributed by atoms with van der Waals surface area (Å²) in [6, 6.07) is 0. The fourth-order valence-corrected chi connectivity index (χ4v) is 0.897. The molecular weight excluding hydrogens is 156 g/mol. The van der Waals surface area contributed by atoms with Crippen LogP contribution in [0.15, 0.2) is 17.2 Å². The number of H-pyrrole nitrogens is 1. The lowest BCUT2D eigenvalue weighted by Gasteiger charge is -1.98. The third kappa shape index (κ3) is 1.37. The number of aromatic amines is 1. The minimum absolute atomic E-state index is 0.150. The topological polar surface area (TPSA) is 62.0 Å². The number of amides is 1. The van der Waals surface area contributed by atoms with Crippen molar-refractivity contribution in [2.75, 3.05) is 7.05 Å². The Hall–Kier alpha value is -1.58. The quantitative estimate of drug-likeness (QED) is 0.619. The highest BCUT2D eigenvalue weighted by Crippen LogP contribution is 1.91. The van der Waals surface area contributed by atoms with Crippen molar-refractivity contribution in [3.8, 4) is 0 Å². The van der Waals surface area contributed by atoms with Gasteiger partial charge >= 0.3 is 0 Å². The average Bonchev–Trinajstić information content (AvgIpc) is 2.08. The Kier molecular flexibility index (Phi) is 2.28. The highest BCUT2D eigenvalue weighted by atomic mass is 16.2. The third-order valence-electron chi connectivity index (χ3n) is 1.60. The summed E-state index contributed by atoms with van der Waals surface area (Å²) in [6.45, 7) is 1.66. The maximum Gasteiger partial charge on any atom is 0.256 e. The summed E-state index contributed by atoms with van der Waals surface area (Å²) < 4.78 is 0. The van der Waals surface area contributed by atoms with Crippen molar-refractivity contribution in [3.05, 3.63) is 33.7 Å². The van der Waals surface area contributed by atoms with Crippen molar-refractivity contribution in [1.82, 2.24) is 10.3 Å². The molecule has 1 amide bonds. The Morgan fingerprint density at radius 1 is 1.50 bits per heavy atom. The van der Waals surface area contributed by atoms with E-state index in [9.17, 15) is 9.59 Å². The van der Waals surface area contributed by atoms with Crippen LogP contribution in [0.2, 0.25) is 0 Å². The Balaban J connectivity index is 3.26. The molecule has 0 atom stereocenters. The number of aromatic nitrogens is 1. The molecule has 0 aromatic carbocycles. The number of nitrogens with one attached hydrogen (secondary N) is 2. The van der Waals surface area contributed by atoms with Crippen molar-refractivity contribution >= 4 is 5.91 Å². The van der Waals surface area contributed by atoms with Crippen LogP contribution in [0.4, 0.5) is 0 Å². The number of hydrogen-bond acceptors (Lipinski definition) is 2. The van der Waals surface area contributed by atoms with Gasteiger partial charge < -0.3 is 10.3 Å². The van der Waals surface area contributed by atoms with Gasteiger partial charge in [-0.2, -0.15) is 0 Å². The van der Waals surface area contributed by atoms with E-state index in [0.717, 1.165) is 0 Å². The molecule has 0 aliphatic heterocycles. The molecule has 4 nitrogen and oxygen atoms in total. The number of carbonyl (C=O) groups excluding carboxylic acids is 1. The number of pyridine rings is 1. The van der Waals surface area contributed by atoms with Gasteiger partial charge in [0.2, 0.25) is 0 Å². The first-order valence-electron chi connectivity index (χ1n) is 3.56. The molecule has 1 heterocycles. The van der Waals surface area contributed by atoms with Crippen LogP contribution in [-0.4, -0.2) is 17.9 Å². The van der Waals surface area contributed by atoms with Crippen LogP contribution in [0.5, 0.6) is 0 Å². The predicted octanol–water partition coefficient (Wildman–Crippen LogP) is 0.0429. The van der Waals surface area contributed by atoms with Gasteiger partial charge in [-0.05, 0) is 6.92 Å². The molecule has 4 heteroatoms. The van der Waals surface area contributed by atoms with Gasteiger partial charge in [-0.3, -0.25) is 9.59 Å². The first-order valence-corrected chi connectivity index (χ1v) is 3.56. The van der Waals surface area contributed by atoms with Crippen LogP contribution in [-0.2, 0) is 0 Å². The third-order valence-corrected chi connectivity index (χ3v) is 1.60. The largest absolute Gasteiger partial charge is 0.366 e. The van der Waals surface area contributed by atoms with E-state index in [0.29, 0.717) is 5.56 Å². The van der Waals surface area contributed by atoms with Gasteiger partial charge in [0.05, 0.1) is 0 Å². The van der Waals surface area contributed by atoms with Crippen LogP contribution < -0.4 is 10.7 Å². The maximum absolute atomic E-state index is 11.3. The smallest absolute Gasteiger partial charge is 0.256 e. The van der Waals surface area contributed by atoms with Crippen LogP contribution in [0.25, 0.3) is 0 Å². The molecule has 0 aliphatic rings. The molecule has 1 aromatic heterocycles. The standard InChI is InChI=1S/C8H10N2O2/c1-5-3-10-4-6(7(5)11)8(12)9-2/h3-4H,1-2H3,(H,9,12)(H,10,11). The molecule has 12 heavy (non-hydrogen) atoms. The van der Waals surface area contributed by atoms with Gasteiger partial charge in [0.1, 0.15) is 5.56 Å². The SMILES string of the molecule is CNC(=O)c1c[nH]cc(C)c1=O. The summed E-state index contributed by atoms with van der Waals surface area (Å²) in [5.74, 6) is -0.361. The molecule has 0 radical (unpaired) electrons. The summed E-state index contributed by atoms with van der Waals surface area (Å²) in [6.07, 6.45) is 2.96. The predicted molar refractivity (Wildman–Crippen MR) is 45.2 cm³/mol. The van der Waals surface area contributed by atoms with E-state index in [1.807, 2.05) is 0 Å². The molecule has 0 saturated heterocycles. The lowest BCUT2D eigenvalue weighted by Crippen LogP contribution is -2.26. The van der Waals surface area contributed by atoms with Gasteiger partial charge in [0.15, 0.2) is 5.43 Å². The molecule has 64 valence electrons. The van der Waals surface area contributed by atoms with Crippen molar-refractivity contribution in [3.63, 3.8) is 0 Å². The van der Waals surface area contributed by atoms with Crippen molar-refractivity contribution in [1.29, 1.82) is 0 Å². The number of rotatable bonds is 1. The summed E-state index contributed by atoms with van der Waals surface area (Å²) in [5, 5.41) is 2.39. The first-order chi connectivity index (χ1) is 5.66. The summed E-state index contributed by atoms with van der Waals surface area (Å²) in [5.41, 5.74) is 0.460. The van der Waals surface area contributed by atoms with Gasteiger partial charge in [-0.15, -0.1) is 0 Å². The zero-order valence-corrected chi connectivity index (χ0v) is 6.97. The highest BCUT2D eigenvalue weighted by Gasteiger charge is 2.08. The number of hydrogen-bond donors (Lipinski definition) is 2. The molecule has 0 saturated carbocycles. The van der Waals surface area contributed by atoms with Crippen LogP contribution in [0.3, 0.4) is 0 Å². The minimum atomic E-state index is -0.361. The van der Waals surface area contributed by atoms with Gasteiger partial charge in [0, 0.05) is 25.0 Å². The van der Waals surface area contributed by atoms with E-state index in [2.05, 4.69) is 10.3 Å². The van der Waals surface area contributed by atoms with Crippen LogP contribution in [0, 0.1) is 6.92 Å².